The number of rotatable bonds is 8. The fourth-order valence-electron chi connectivity index (χ4n) is 8.99. The van der Waals surface area contributed by atoms with Crippen LogP contribution in [0.15, 0.2) is 23.8 Å². The highest BCUT2D eigenvalue weighted by molar-refractivity contribution is 6.74. The van der Waals surface area contributed by atoms with Crippen molar-refractivity contribution in [3.63, 3.8) is 0 Å². The zero-order chi connectivity index (χ0) is 29.1. The van der Waals surface area contributed by atoms with Gasteiger partial charge in [-0.2, -0.15) is 0 Å². The molecule has 0 spiro atoms. The van der Waals surface area contributed by atoms with Gasteiger partial charge >= 0.3 is 0 Å². The lowest BCUT2D eigenvalue weighted by Crippen LogP contribution is -2.53. The van der Waals surface area contributed by atoms with Gasteiger partial charge in [-0.05, 0) is 125 Å². The van der Waals surface area contributed by atoms with Crippen molar-refractivity contribution in [2.24, 2.45) is 34.5 Å². The summed E-state index contributed by atoms with van der Waals surface area (Å²) in [5.41, 5.74) is 1.39. The van der Waals surface area contributed by atoms with Gasteiger partial charge in [-0.1, -0.05) is 58.4 Å². The van der Waals surface area contributed by atoms with Crippen molar-refractivity contribution in [1.29, 1.82) is 0 Å². The van der Waals surface area contributed by atoms with Gasteiger partial charge in [0.1, 0.15) is 0 Å². The third-order valence-corrected chi connectivity index (χ3v) is 17.0. The van der Waals surface area contributed by atoms with Gasteiger partial charge in [-0.15, -0.1) is 0 Å². The molecule has 8 atom stereocenters. The minimum Gasteiger partial charge on any atom is -0.414 e. The highest BCUT2D eigenvalue weighted by Gasteiger charge is 2.61. The minimum atomic E-state index is -1.76. The van der Waals surface area contributed by atoms with E-state index in [-0.39, 0.29) is 16.4 Å². The fraction of sp³-hybridized carbons (Fsp3) is 0.882. The molecule has 0 aliphatic heterocycles. The summed E-state index contributed by atoms with van der Waals surface area (Å²) in [6.07, 6.45) is 16.7. The first-order chi connectivity index (χ1) is 17.9. The largest absolute Gasteiger partial charge is 0.414 e. The van der Waals surface area contributed by atoms with Crippen molar-refractivity contribution < 1.29 is 19.0 Å². The van der Waals surface area contributed by atoms with Crippen molar-refractivity contribution in [2.45, 2.75) is 142 Å². The second kappa shape index (κ2) is 10.7. The zero-order valence-electron chi connectivity index (χ0n) is 27.2. The van der Waals surface area contributed by atoms with Crippen LogP contribution in [-0.2, 0) is 13.9 Å². The summed E-state index contributed by atoms with van der Waals surface area (Å²) in [5, 5.41) is 12.0. The van der Waals surface area contributed by atoms with Crippen molar-refractivity contribution in [3.05, 3.63) is 23.8 Å². The molecule has 4 rings (SSSR count). The Morgan fingerprint density at radius 3 is 2.33 bits per heavy atom. The molecule has 224 valence electrons. The van der Waals surface area contributed by atoms with Gasteiger partial charge in [0.25, 0.3) is 0 Å². The number of ether oxygens (including phenoxy) is 2. The number of methoxy groups -OCH3 is 1. The lowest BCUT2D eigenvalue weighted by molar-refractivity contribution is -0.190. The summed E-state index contributed by atoms with van der Waals surface area (Å²) in [4.78, 5) is 0. The van der Waals surface area contributed by atoms with E-state index in [0.29, 0.717) is 24.0 Å². The fourth-order valence-corrected chi connectivity index (χ4v) is 10.4. The summed E-state index contributed by atoms with van der Waals surface area (Å²) < 4.78 is 18.1. The Morgan fingerprint density at radius 1 is 1.00 bits per heavy atom. The molecule has 4 aliphatic carbocycles. The van der Waals surface area contributed by atoms with E-state index in [2.05, 4.69) is 53.8 Å². The van der Waals surface area contributed by atoms with Gasteiger partial charge in [-0.25, -0.2) is 0 Å². The van der Waals surface area contributed by atoms with E-state index >= 15 is 0 Å². The second-order valence-electron chi connectivity index (χ2n) is 16.2. The predicted molar refractivity (Wildman–Crippen MR) is 164 cm³/mol. The van der Waals surface area contributed by atoms with Crippen molar-refractivity contribution in [1.82, 2.24) is 0 Å². The molecule has 0 bridgehead atoms. The summed E-state index contributed by atoms with van der Waals surface area (Å²) in [5.74, 6) is 1.88. The molecule has 0 aromatic carbocycles. The summed E-state index contributed by atoms with van der Waals surface area (Å²) in [6.45, 7) is 23.3. The summed E-state index contributed by atoms with van der Waals surface area (Å²) in [7, 11) is -0.0943. The van der Waals surface area contributed by atoms with Gasteiger partial charge < -0.3 is 19.0 Å². The Balaban J connectivity index is 1.46. The zero-order valence-corrected chi connectivity index (χ0v) is 28.2. The van der Waals surface area contributed by atoms with E-state index in [1.807, 2.05) is 32.9 Å². The Bertz CT molecular complexity index is 943. The molecule has 5 heteroatoms. The van der Waals surface area contributed by atoms with E-state index < -0.39 is 19.7 Å². The number of allylic oxidation sites excluding steroid dienone is 1. The van der Waals surface area contributed by atoms with Crippen LogP contribution in [0, 0.1) is 34.5 Å². The van der Waals surface area contributed by atoms with Crippen LogP contribution in [0.1, 0.15) is 107 Å². The number of fused-ring (bicyclic) bond motifs is 5. The maximum Gasteiger partial charge on any atom is 0.192 e. The first kappa shape index (κ1) is 31.5. The lowest BCUT2D eigenvalue weighted by Gasteiger charge is -2.59. The summed E-state index contributed by atoms with van der Waals surface area (Å²) in [6, 6.07) is 0. The minimum absolute atomic E-state index is 0.187. The topological polar surface area (TPSA) is 47.9 Å². The molecule has 1 N–H and O–H groups in total. The molecule has 39 heavy (non-hydrogen) atoms. The standard InChI is InChI=1S/C34H60O4Si/c1-30(2,3)39(10,11)38-25-17-20-32(6)24(23-25)13-14-26-27-15-16-29(33(27,7)21-18-28(26)32)34(8,35)19-12-22-37-31(4,5)36-9/h12-13,19,25-29,35H,14-18,20-23H2,1-11H3/b19-12+/t25-,26-,27-,28-,29-,32-,33-,34-/m0/s1. The molecule has 0 radical (unpaired) electrons. The first-order valence-corrected chi connectivity index (χ1v) is 18.7. The number of hydrogen-bond acceptors (Lipinski definition) is 4. The van der Waals surface area contributed by atoms with Crippen molar-refractivity contribution in [3.8, 4) is 0 Å². The van der Waals surface area contributed by atoms with Gasteiger partial charge in [0.05, 0.1) is 12.2 Å². The SMILES string of the molecule is COC(C)(C)OC/C=C/[C@](C)(O)[C@H]1CC[C@H]2[C@@H]3CC=C4C[C@@H](O[Si](C)(C)C(C)(C)C)CC[C@]4(C)[C@H]3CC[C@@]21C. The highest BCUT2D eigenvalue weighted by Crippen LogP contribution is 2.67. The van der Waals surface area contributed by atoms with Gasteiger partial charge in [-0.3, -0.25) is 0 Å². The normalized spacial score (nSPS) is 39.1. The smallest absolute Gasteiger partial charge is 0.192 e. The quantitative estimate of drug-likeness (QED) is 0.183. The molecule has 0 amide bonds. The summed E-state index contributed by atoms with van der Waals surface area (Å²) >= 11 is 0. The molecule has 0 aromatic heterocycles. The molecule has 0 aromatic rings. The van der Waals surface area contributed by atoms with E-state index in [1.54, 1.807) is 12.7 Å². The number of hydrogen-bond donors (Lipinski definition) is 1. The van der Waals surface area contributed by atoms with E-state index in [1.165, 1.54) is 38.5 Å². The van der Waals surface area contributed by atoms with Crippen LogP contribution in [0.5, 0.6) is 0 Å². The predicted octanol–water partition coefficient (Wildman–Crippen LogP) is 8.66. The van der Waals surface area contributed by atoms with Gasteiger partial charge in [0.15, 0.2) is 14.1 Å². The highest BCUT2D eigenvalue weighted by atomic mass is 28.4. The van der Waals surface area contributed by atoms with Crippen molar-refractivity contribution >= 4 is 8.32 Å². The van der Waals surface area contributed by atoms with Crippen LogP contribution in [0.2, 0.25) is 18.1 Å². The molecule has 3 fully saturated rings. The van der Waals surface area contributed by atoms with Crippen LogP contribution in [0.3, 0.4) is 0 Å². The monoisotopic (exact) mass is 560 g/mol. The third kappa shape index (κ3) is 5.91. The number of aliphatic hydroxyl groups is 1. The van der Waals surface area contributed by atoms with E-state index in [9.17, 15) is 5.11 Å². The Morgan fingerprint density at radius 2 is 1.69 bits per heavy atom. The molecule has 4 aliphatic rings. The van der Waals surface area contributed by atoms with Crippen LogP contribution in [0.25, 0.3) is 0 Å². The average molecular weight is 561 g/mol. The van der Waals surface area contributed by atoms with Gasteiger partial charge in [0, 0.05) is 13.2 Å². The molecule has 0 heterocycles. The van der Waals surface area contributed by atoms with E-state index in [0.717, 1.165) is 24.7 Å². The third-order valence-electron chi connectivity index (χ3n) is 12.5. The molecule has 0 unspecified atom stereocenters. The average Bonchev–Trinajstić information content (AvgIpc) is 3.19. The second-order valence-corrected chi connectivity index (χ2v) is 21.0. The molecular formula is C34H60O4Si. The molecule has 3 saturated carbocycles. The molecule has 4 nitrogen and oxygen atoms in total. The van der Waals surface area contributed by atoms with Crippen LogP contribution < -0.4 is 0 Å². The van der Waals surface area contributed by atoms with Crippen LogP contribution in [0.4, 0.5) is 0 Å². The van der Waals surface area contributed by atoms with Crippen LogP contribution >= 0.6 is 0 Å². The molecule has 0 saturated heterocycles. The first-order valence-electron chi connectivity index (χ1n) is 15.8. The Labute approximate surface area is 241 Å². The Hall–Kier alpha value is -0.463. The maximum absolute atomic E-state index is 11.7. The van der Waals surface area contributed by atoms with Gasteiger partial charge in [0.2, 0.25) is 0 Å². The van der Waals surface area contributed by atoms with Crippen molar-refractivity contribution in [2.75, 3.05) is 13.7 Å². The van der Waals surface area contributed by atoms with E-state index in [4.69, 9.17) is 13.9 Å². The Kier molecular flexibility index (Phi) is 8.61. The lowest BCUT2D eigenvalue weighted by atomic mass is 9.47. The molecular weight excluding hydrogens is 500 g/mol. The van der Waals surface area contributed by atoms with Crippen LogP contribution in [-0.4, -0.2) is 44.6 Å². The maximum atomic E-state index is 11.7.